The Morgan fingerprint density at radius 3 is 2.64 bits per heavy atom. The highest BCUT2D eigenvalue weighted by Crippen LogP contribution is 2.35. The van der Waals surface area contributed by atoms with E-state index in [1.54, 1.807) is 11.8 Å². The van der Waals surface area contributed by atoms with Gasteiger partial charge in [0.25, 0.3) is 0 Å². The number of esters is 2. The van der Waals surface area contributed by atoms with E-state index in [9.17, 15) is 14.4 Å². The van der Waals surface area contributed by atoms with E-state index in [-0.39, 0.29) is 24.1 Å². The Morgan fingerprint density at radius 2 is 1.87 bits per heavy atom. The Kier molecular flexibility index (Phi) is 7.70. The number of carbonyl (C=O) groups excluding carboxylic acids is 3. The van der Waals surface area contributed by atoms with Gasteiger partial charge in [0.1, 0.15) is 0 Å². The fourth-order valence-corrected chi connectivity index (χ4v) is 5.23. The third kappa shape index (κ3) is 5.40. The molecule has 1 fully saturated rings. The number of amides is 1. The average molecular weight is 554 g/mol. The summed E-state index contributed by atoms with van der Waals surface area (Å²) in [5.41, 5.74) is 1.24. The van der Waals surface area contributed by atoms with Crippen LogP contribution >= 0.6 is 11.8 Å². The van der Waals surface area contributed by atoms with Crippen molar-refractivity contribution in [2.24, 2.45) is 0 Å². The van der Waals surface area contributed by atoms with E-state index in [4.69, 9.17) is 18.9 Å². The lowest BCUT2D eigenvalue weighted by atomic mass is 10.1. The number of aromatic nitrogens is 3. The Labute approximate surface area is 228 Å². The van der Waals surface area contributed by atoms with E-state index in [0.29, 0.717) is 36.7 Å². The number of nitrogens with one attached hydrogen (secondary N) is 1. The molecular formula is C26H27N5O7S. The number of likely N-dealkylation sites (tertiary alicyclic amines) is 1. The molecule has 204 valence electrons. The van der Waals surface area contributed by atoms with Crippen molar-refractivity contribution in [1.29, 1.82) is 0 Å². The van der Waals surface area contributed by atoms with Crippen LogP contribution in [0.15, 0.2) is 47.4 Å². The molecule has 0 bridgehead atoms. The number of carbonyl (C=O) groups is 3. The number of methoxy groups -OCH3 is 2. The van der Waals surface area contributed by atoms with Gasteiger partial charge in [0.05, 0.1) is 26.3 Å². The minimum atomic E-state index is -0.806. The molecule has 0 radical (unpaired) electrons. The van der Waals surface area contributed by atoms with Gasteiger partial charge in [-0.1, -0.05) is 17.3 Å². The number of nitrogens with zero attached hydrogens (tertiary/aromatic N) is 4. The normalized spacial score (nSPS) is 18.1. The van der Waals surface area contributed by atoms with Crippen molar-refractivity contribution >= 4 is 35.3 Å². The smallest absolute Gasteiger partial charge is 0.361 e. The number of fused-ring (bicyclic) bond motifs is 1. The van der Waals surface area contributed by atoms with Crippen LogP contribution in [0.4, 0.5) is 5.69 Å². The first kappa shape index (κ1) is 26.5. The zero-order valence-corrected chi connectivity index (χ0v) is 22.4. The number of hydrogen-bond donors (Lipinski definition) is 1. The highest BCUT2D eigenvalue weighted by atomic mass is 32.2. The van der Waals surface area contributed by atoms with Crippen molar-refractivity contribution in [2.45, 2.75) is 29.9 Å². The number of ether oxygens (including phenoxy) is 4. The predicted octanol–water partition coefficient (Wildman–Crippen LogP) is 2.76. The van der Waals surface area contributed by atoms with Crippen molar-refractivity contribution in [3.63, 3.8) is 0 Å². The van der Waals surface area contributed by atoms with Crippen LogP contribution in [0.25, 0.3) is 0 Å². The first-order valence-corrected chi connectivity index (χ1v) is 13.3. The molecule has 2 aliphatic rings. The molecule has 2 aromatic carbocycles. The van der Waals surface area contributed by atoms with Crippen molar-refractivity contribution in [3.05, 3.63) is 59.4 Å². The second-order valence-corrected chi connectivity index (χ2v) is 9.84. The molecule has 5 rings (SSSR count). The molecule has 12 nitrogen and oxygen atoms in total. The van der Waals surface area contributed by atoms with E-state index in [1.165, 1.54) is 18.9 Å². The molecular weight excluding hydrogens is 526 g/mol. The van der Waals surface area contributed by atoms with Gasteiger partial charge in [0.15, 0.2) is 17.2 Å². The fraction of sp³-hybridized carbons (Fsp3) is 0.346. The molecule has 2 aliphatic heterocycles. The zero-order valence-electron chi connectivity index (χ0n) is 21.6. The molecule has 13 heteroatoms. The monoisotopic (exact) mass is 553 g/mol. The molecule has 0 spiro atoms. The molecule has 3 heterocycles. The van der Waals surface area contributed by atoms with Crippen molar-refractivity contribution in [2.75, 3.05) is 39.1 Å². The van der Waals surface area contributed by atoms with Gasteiger partial charge in [-0.15, -0.1) is 16.9 Å². The van der Waals surface area contributed by atoms with Gasteiger partial charge in [-0.2, -0.15) is 0 Å². The summed E-state index contributed by atoms with van der Waals surface area (Å²) in [6.45, 7) is 0.934. The first-order valence-electron chi connectivity index (χ1n) is 12.1. The molecule has 0 unspecified atom stereocenters. The van der Waals surface area contributed by atoms with Crippen LogP contribution in [0, 0.1) is 0 Å². The highest BCUT2D eigenvalue weighted by Gasteiger charge is 2.41. The predicted molar refractivity (Wildman–Crippen MR) is 140 cm³/mol. The molecule has 39 heavy (non-hydrogen) atoms. The summed E-state index contributed by atoms with van der Waals surface area (Å²) in [7, 11) is 2.40. The summed E-state index contributed by atoms with van der Waals surface area (Å²) >= 11 is 1.58. The number of thioether (sulfide) groups is 1. The van der Waals surface area contributed by atoms with Gasteiger partial charge in [0, 0.05) is 23.7 Å². The number of rotatable bonds is 8. The first-order chi connectivity index (χ1) is 18.9. The maximum absolute atomic E-state index is 13.6. The summed E-state index contributed by atoms with van der Waals surface area (Å²) in [6.07, 6.45) is 2.28. The van der Waals surface area contributed by atoms with Gasteiger partial charge in [-0.05, 0) is 48.6 Å². The third-order valence-corrected chi connectivity index (χ3v) is 7.37. The van der Waals surface area contributed by atoms with Gasteiger partial charge in [-0.3, -0.25) is 9.69 Å². The van der Waals surface area contributed by atoms with Crippen LogP contribution in [0.3, 0.4) is 0 Å². The van der Waals surface area contributed by atoms with E-state index >= 15 is 0 Å². The summed E-state index contributed by atoms with van der Waals surface area (Å²) in [5.74, 6) is -0.472. The molecule has 1 aromatic heterocycles. The maximum atomic E-state index is 13.6. The summed E-state index contributed by atoms with van der Waals surface area (Å²) in [4.78, 5) is 41.5. The van der Waals surface area contributed by atoms with Crippen LogP contribution in [0.2, 0.25) is 0 Å². The van der Waals surface area contributed by atoms with E-state index < -0.39 is 24.0 Å². The topological polar surface area (TPSA) is 134 Å². The van der Waals surface area contributed by atoms with E-state index in [1.807, 2.05) is 53.6 Å². The Morgan fingerprint density at radius 1 is 1.08 bits per heavy atom. The number of benzene rings is 2. The van der Waals surface area contributed by atoms with Crippen LogP contribution in [0.1, 0.15) is 39.0 Å². The fourth-order valence-electron chi connectivity index (χ4n) is 4.77. The lowest BCUT2D eigenvalue weighted by molar-refractivity contribution is -0.120. The maximum Gasteiger partial charge on any atom is 0.361 e. The van der Waals surface area contributed by atoms with Crippen molar-refractivity contribution < 1.29 is 33.3 Å². The minimum absolute atomic E-state index is 0.119. The molecule has 3 aromatic rings. The summed E-state index contributed by atoms with van der Waals surface area (Å²) in [5, 5.41) is 11.0. The van der Waals surface area contributed by atoms with Gasteiger partial charge in [-0.25, -0.2) is 14.3 Å². The van der Waals surface area contributed by atoms with Crippen LogP contribution in [0.5, 0.6) is 11.5 Å². The quantitative estimate of drug-likeness (QED) is 0.326. The van der Waals surface area contributed by atoms with Crippen molar-refractivity contribution in [3.8, 4) is 11.5 Å². The van der Waals surface area contributed by atoms with Crippen LogP contribution in [-0.2, 0) is 20.8 Å². The lowest BCUT2D eigenvalue weighted by Gasteiger charge is -2.23. The summed E-state index contributed by atoms with van der Waals surface area (Å²) < 4.78 is 22.0. The van der Waals surface area contributed by atoms with Crippen molar-refractivity contribution in [1.82, 2.24) is 19.9 Å². The standard InChI is InChI=1S/C26H27N5O7S/c1-35-25(33)22-23(26(34)36-2)31(29-28-22)17-11-19(24(32)27-16-5-4-6-18(10-16)39-3)30(13-17)12-15-7-8-20-21(9-15)38-14-37-20/h4-10,17,19H,11-14H2,1-3H3,(H,27,32)/t17-,19-/m0/s1. The molecule has 1 saturated heterocycles. The Hall–Kier alpha value is -4.10. The number of hydrogen-bond acceptors (Lipinski definition) is 11. The third-order valence-electron chi connectivity index (χ3n) is 6.64. The number of anilines is 1. The molecule has 1 N–H and O–H groups in total. The SMILES string of the molecule is COC(=O)c1nnn([C@H]2C[C@@H](C(=O)Nc3cccc(SC)c3)N(Cc3ccc4c(c3)OCO4)C2)c1C(=O)OC. The summed E-state index contributed by atoms with van der Waals surface area (Å²) in [6, 6.07) is 12.2. The Balaban J connectivity index is 1.45. The van der Waals surface area contributed by atoms with E-state index in [0.717, 1.165) is 10.5 Å². The molecule has 2 atom stereocenters. The molecule has 0 aliphatic carbocycles. The van der Waals surface area contributed by atoms with Gasteiger partial charge in [0.2, 0.25) is 18.4 Å². The van der Waals surface area contributed by atoms with E-state index in [2.05, 4.69) is 15.6 Å². The average Bonchev–Trinajstić information content (AvgIpc) is 3.70. The molecule has 1 amide bonds. The van der Waals surface area contributed by atoms with Gasteiger partial charge >= 0.3 is 11.9 Å². The zero-order chi connectivity index (χ0) is 27.5. The highest BCUT2D eigenvalue weighted by molar-refractivity contribution is 7.98. The second kappa shape index (κ2) is 11.3. The van der Waals surface area contributed by atoms with Gasteiger partial charge < -0.3 is 24.3 Å². The van der Waals surface area contributed by atoms with Crippen LogP contribution < -0.4 is 14.8 Å². The molecule has 0 saturated carbocycles. The van der Waals surface area contributed by atoms with Crippen LogP contribution in [-0.4, -0.2) is 77.6 Å². The lowest BCUT2D eigenvalue weighted by Crippen LogP contribution is -2.39. The second-order valence-electron chi connectivity index (χ2n) is 8.96. The largest absolute Gasteiger partial charge is 0.464 e. The Bertz CT molecular complexity index is 1410. The minimum Gasteiger partial charge on any atom is -0.464 e.